The number of carbonyl (C=O) groups excluding carboxylic acids is 1. The quantitative estimate of drug-likeness (QED) is 0.569. The van der Waals surface area contributed by atoms with Crippen LogP contribution in [0.1, 0.15) is 5.69 Å². The van der Waals surface area contributed by atoms with Crippen molar-refractivity contribution in [1.82, 2.24) is 24.9 Å². The molecular formula is C9H12N6O2. The minimum absolute atomic E-state index is 0.0403. The number of aromatic nitrogens is 4. The van der Waals surface area contributed by atoms with Crippen molar-refractivity contribution in [3.05, 3.63) is 28.4 Å². The van der Waals surface area contributed by atoms with Gasteiger partial charge in [0.2, 0.25) is 5.91 Å². The van der Waals surface area contributed by atoms with Crippen molar-refractivity contribution in [1.29, 1.82) is 0 Å². The van der Waals surface area contributed by atoms with Gasteiger partial charge in [-0.3, -0.25) is 14.7 Å². The Morgan fingerprint density at radius 3 is 3.18 bits per heavy atom. The molecule has 0 aromatic carbocycles. The van der Waals surface area contributed by atoms with Gasteiger partial charge >= 0.3 is 0 Å². The van der Waals surface area contributed by atoms with Gasteiger partial charge in [0.25, 0.3) is 11.3 Å². The second-order valence-electron chi connectivity index (χ2n) is 3.42. The monoisotopic (exact) mass is 236 g/mol. The largest absolute Gasteiger partial charge is 0.354 e. The van der Waals surface area contributed by atoms with Gasteiger partial charge < -0.3 is 11.1 Å². The molecule has 90 valence electrons. The molecule has 4 N–H and O–H groups in total. The summed E-state index contributed by atoms with van der Waals surface area (Å²) in [6.07, 6.45) is 1.40. The molecular weight excluding hydrogens is 224 g/mol. The molecule has 1 amide bonds. The van der Waals surface area contributed by atoms with E-state index in [0.29, 0.717) is 18.8 Å². The van der Waals surface area contributed by atoms with E-state index in [4.69, 9.17) is 5.73 Å². The summed E-state index contributed by atoms with van der Waals surface area (Å²) in [5.74, 6) is 0.0290. The fourth-order valence-corrected chi connectivity index (χ4v) is 1.40. The van der Waals surface area contributed by atoms with Crippen LogP contribution >= 0.6 is 0 Å². The van der Waals surface area contributed by atoms with Gasteiger partial charge in [0, 0.05) is 19.2 Å². The lowest BCUT2D eigenvalue weighted by molar-refractivity contribution is -0.120. The van der Waals surface area contributed by atoms with Gasteiger partial charge in [-0.15, -0.1) is 0 Å². The highest BCUT2D eigenvalue weighted by Gasteiger charge is 2.08. The Morgan fingerprint density at radius 2 is 2.41 bits per heavy atom. The molecule has 2 heterocycles. The zero-order valence-corrected chi connectivity index (χ0v) is 9.01. The molecule has 0 aliphatic rings. The van der Waals surface area contributed by atoms with Crippen LogP contribution in [0.25, 0.3) is 5.78 Å². The van der Waals surface area contributed by atoms with Gasteiger partial charge in [-0.25, -0.2) is 9.97 Å². The lowest BCUT2D eigenvalue weighted by atomic mass is 10.3. The molecule has 17 heavy (non-hydrogen) atoms. The van der Waals surface area contributed by atoms with Crippen LogP contribution in [0, 0.1) is 0 Å². The molecule has 0 radical (unpaired) electrons. The van der Waals surface area contributed by atoms with Crippen LogP contribution in [0.15, 0.2) is 17.2 Å². The molecule has 0 unspecified atom stereocenters. The summed E-state index contributed by atoms with van der Waals surface area (Å²) in [5, 5.41) is 5.22. The predicted octanol–water partition coefficient (Wildman–Crippen LogP) is -1.96. The predicted molar refractivity (Wildman–Crippen MR) is 59.4 cm³/mol. The minimum Gasteiger partial charge on any atom is -0.354 e. The summed E-state index contributed by atoms with van der Waals surface area (Å²) in [6.45, 7) is 0.780. The molecule has 0 saturated heterocycles. The molecule has 0 fully saturated rings. The molecule has 0 saturated carbocycles. The maximum Gasteiger partial charge on any atom is 0.274 e. The number of aromatic amines is 1. The normalized spacial score (nSPS) is 10.6. The molecule has 2 aromatic heterocycles. The first-order valence-corrected chi connectivity index (χ1v) is 5.09. The lowest BCUT2D eigenvalue weighted by Gasteiger charge is -2.02. The SMILES string of the molecule is NCCNC(=O)Cc1cc(=O)n2[nH]cnc2n1. The zero-order chi connectivity index (χ0) is 12.3. The summed E-state index contributed by atoms with van der Waals surface area (Å²) in [4.78, 5) is 30.9. The first kappa shape index (κ1) is 11.3. The molecule has 2 aromatic rings. The highest BCUT2D eigenvalue weighted by molar-refractivity contribution is 5.78. The van der Waals surface area contributed by atoms with Crippen molar-refractivity contribution < 1.29 is 4.79 Å². The average molecular weight is 236 g/mol. The molecule has 8 heteroatoms. The molecule has 0 spiro atoms. The first-order valence-electron chi connectivity index (χ1n) is 5.09. The van der Waals surface area contributed by atoms with Crippen LogP contribution in [0.3, 0.4) is 0 Å². The minimum atomic E-state index is -0.297. The summed E-state index contributed by atoms with van der Waals surface area (Å²) in [7, 11) is 0. The summed E-state index contributed by atoms with van der Waals surface area (Å²) >= 11 is 0. The fraction of sp³-hybridized carbons (Fsp3) is 0.333. The van der Waals surface area contributed by atoms with E-state index in [9.17, 15) is 9.59 Å². The number of hydrogen-bond acceptors (Lipinski definition) is 5. The molecule has 0 bridgehead atoms. The molecule has 8 nitrogen and oxygen atoms in total. The van der Waals surface area contributed by atoms with E-state index in [1.54, 1.807) is 0 Å². The summed E-state index contributed by atoms with van der Waals surface area (Å²) in [6, 6.07) is 1.30. The van der Waals surface area contributed by atoms with Gasteiger partial charge in [-0.1, -0.05) is 0 Å². The number of nitrogens with zero attached hydrogens (tertiary/aromatic N) is 3. The topological polar surface area (TPSA) is 118 Å². The van der Waals surface area contributed by atoms with E-state index >= 15 is 0 Å². The number of fused-ring (bicyclic) bond motifs is 1. The zero-order valence-electron chi connectivity index (χ0n) is 9.01. The van der Waals surface area contributed by atoms with Crippen LogP contribution < -0.4 is 16.6 Å². The van der Waals surface area contributed by atoms with Crippen LogP contribution in [-0.4, -0.2) is 38.6 Å². The van der Waals surface area contributed by atoms with Crippen molar-refractivity contribution >= 4 is 11.7 Å². The number of carbonyl (C=O) groups is 1. The number of H-pyrrole nitrogens is 1. The van der Waals surface area contributed by atoms with Gasteiger partial charge in [0.1, 0.15) is 6.33 Å². The Kier molecular flexibility index (Phi) is 3.15. The van der Waals surface area contributed by atoms with E-state index in [0.717, 1.165) is 0 Å². The van der Waals surface area contributed by atoms with Gasteiger partial charge in [-0.2, -0.15) is 4.52 Å². The Labute approximate surface area is 95.8 Å². The second kappa shape index (κ2) is 4.74. The van der Waals surface area contributed by atoms with E-state index in [-0.39, 0.29) is 23.7 Å². The molecule has 2 rings (SSSR count). The van der Waals surface area contributed by atoms with Gasteiger partial charge in [-0.05, 0) is 0 Å². The number of nitrogens with two attached hydrogens (primary N) is 1. The molecule has 0 aliphatic heterocycles. The van der Waals surface area contributed by atoms with Crippen LogP contribution in [0.4, 0.5) is 0 Å². The Hall–Kier alpha value is -2.22. The fourth-order valence-electron chi connectivity index (χ4n) is 1.40. The summed E-state index contributed by atoms with van der Waals surface area (Å²) < 4.78 is 1.20. The number of nitrogens with one attached hydrogen (secondary N) is 2. The highest BCUT2D eigenvalue weighted by Crippen LogP contribution is 1.95. The number of rotatable bonds is 4. The van der Waals surface area contributed by atoms with Crippen molar-refractivity contribution in [2.75, 3.05) is 13.1 Å². The van der Waals surface area contributed by atoms with E-state index in [2.05, 4.69) is 20.4 Å². The van der Waals surface area contributed by atoms with Gasteiger partial charge in [0.15, 0.2) is 0 Å². The van der Waals surface area contributed by atoms with Crippen LogP contribution in [-0.2, 0) is 11.2 Å². The van der Waals surface area contributed by atoms with Crippen molar-refractivity contribution in [3.63, 3.8) is 0 Å². The van der Waals surface area contributed by atoms with E-state index < -0.39 is 0 Å². The Bertz CT molecular complexity index is 586. The highest BCUT2D eigenvalue weighted by atomic mass is 16.1. The smallest absolute Gasteiger partial charge is 0.274 e. The third-order valence-corrected chi connectivity index (χ3v) is 2.13. The maximum atomic E-state index is 11.6. The summed E-state index contributed by atoms with van der Waals surface area (Å²) in [5.41, 5.74) is 5.35. The molecule has 0 aliphatic carbocycles. The van der Waals surface area contributed by atoms with Crippen molar-refractivity contribution in [2.24, 2.45) is 5.73 Å². The van der Waals surface area contributed by atoms with Crippen LogP contribution in [0.2, 0.25) is 0 Å². The second-order valence-corrected chi connectivity index (χ2v) is 3.42. The lowest BCUT2D eigenvalue weighted by Crippen LogP contribution is -2.31. The van der Waals surface area contributed by atoms with E-state index in [1.165, 1.54) is 16.9 Å². The standard InChI is InChI=1S/C9H12N6O2/c10-1-2-11-7(16)3-6-4-8(17)15-9(14-6)12-5-13-15/h4-5H,1-3,10H2,(H,11,16)(H,12,13,14). The Balaban J connectivity index is 2.19. The van der Waals surface area contributed by atoms with Crippen molar-refractivity contribution in [3.8, 4) is 0 Å². The van der Waals surface area contributed by atoms with E-state index in [1.807, 2.05) is 0 Å². The van der Waals surface area contributed by atoms with Crippen LogP contribution in [0.5, 0.6) is 0 Å². The van der Waals surface area contributed by atoms with Crippen molar-refractivity contribution in [2.45, 2.75) is 6.42 Å². The van der Waals surface area contributed by atoms with Gasteiger partial charge in [0.05, 0.1) is 12.1 Å². The number of hydrogen-bond donors (Lipinski definition) is 3. The third kappa shape index (κ3) is 2.48. The number of amides is 1. The third-order valence-electron chi connectivity index (χ3n) is 2.13. The Morgan fingerprint density at radius 1 is 1.59 bits per heavy atom. The molecule has 0 atom stereocenters. The average Bonchev–Trinajstić information content (AvgIpc) is 2.75. The first-order chi connectivity index (χ1) is 8.20. The maximum absolute atomic E-state index is 11.6.